The van der Waals surface area contributed by atoms with Crippen molar-refractivity contribution in [3.8, 4) is 0 Å². The minimum atomic E-state index is -1.82. The molecule has 1 unspecified atom stereocenters. The Bertz CT molecular complexity index is 742. The Hall–Kier alpha value is -2.61. The predicted octanol–water partition coefficient (Wildman–Crippen LogP) is 3.53. The van der Waals surface area contributed by atoms with E-state index >= 15 is 0 Å². The molecule has 8 nitrogen and oxygen atoms in total. The molecular weight excluding hydrogens is 388 g/mol. The number of anilines is 1. The number of benzene rings is 1. The Morgan fingerprint density at radius 1 is 0.933 bits per heavy atom. The van der Waals surface area contributed by atoms with E-state index in [2.05, 4.69) is 22.3 Å². The van der Waals surface area contributed by atoms with Crippen molar-refractivity contribution in [2.24, 2.45) is 5.92 Å². The number of para-hydroxylation sites is 1. The number of carbonyl (C=O) groups is 3. The highest BCUT2D eigenvalue weighted by molar-refractivity contribution is 6.27. The molecule has 3 saturated heterocycles. The van der Waals surface area contributed by atoms with E-state index in [-0.39, 0.29) is 12.2 Å². The van der Waals surface area contributed by atoms with Crippen molar-refractivity contribution < 1.29 is 29.3 Å². The summed E-state index contributed by atoms with van der Waals surface area (Å²) in [7, 11) is 0. The summed E-state index contributed by atoms with van der Waals surface area (Å²) in [4.78, 5) is 33.0. The summed E-state index contributed by atoms with van der Waals surface area (Å²) in [5.41, 5.74) is 2.22. The van der Waals surface area contributed by atoms with Gasteiger partial charge in [0.1, 0.15) is 6.10 Å². The van der Waals surface area contributed by atoms with Crippen LogP contribution >= 0.6 is 0 Å². The van der Waals surface area contributed by atoms with Crippen LogP contribution in [-0.4, -0.2) is 58.9 Å². The van der Waals surface area contributed by atoms with Gasteiger partial charge in [-0.25, -0.2) is 14.4 Å². The molecule has 5 rings (SSSR count). The van der Waals surface area contributed by atoms with Crippen molar-refractivity contribution in [2.45, 2.75) is 57.0 Å². The molecule has 1 saturated carbocycles. The number of amides is 1. The van der Waals surface area contributed by atoms with Crippen molar-refractivity contribution in [2.75, 3.05) is 25.0 Å². The van der Waals surface area contributed by atoms with Gasteiger partial charge in [0.2, 0.25) is 0 Å². The van der Waals surface area contributed by atoms with Gasteiger partial charge in [0.05, 0.1) is 0 Å². The second-order valence-electron chi connectivity index (χ2n) is 8.24. The molecule has 1 atom stereocenters. The van der Waals surface area contributed by atoms with Gasteiger partial charge in [-0.15, -0.1) is 0 Å². The van der Waals surface area contributed by atoms with Crippen LogP contribution in [0.3, 0.4) is 0 Å². The number of carboxylic acids is 2. The lowest BCUT2D eigenvalue weighted by Crippen LogP contribution is -2.52. The number of nitrogens with zero attached hydrogens (tertiary/aromatic N) is 1. The van der Waals surface area contributed by atoms with Gasteiger partial charge in [-0.1, -0.05) is 37.5 Å². The molecule has 4 aliphatic rings. The van der Waals surface area contributed by atoms with E-state index in [0.717, 1.165) is 38.2 Å². The van der Waals surface area contributed by atoms with Crippen LogP contribution in [0.5, 0.6) is 0 Å². The van der Waals surface area contributed by atoms with E-state index in [9.17, 15) is 4.79 Å². The van der Waals surface area contributed by atoms with Gasteiger partial charge in [-0.3, -0.25) is 10.2 Å². The SMILES string of the molecule is O=C(Nc1ccccc1C1CCCCC1)OC1CN2CCC1CC2.O=C(O)C(=O)O. The van der Waals surface area contributed by atoms with Crippen molar-refractivity contribution >= 4 is 23.7 Å². The zero-order chi connectivity index (χ0) is 21.5. The number of hydrogen-bond donors (Lipinski definition) is 3. The molecule has 3 heterocycles. The van der Waals surface area contributed by atoms with Crippen LogP contribution in [0.2, 0.25) is 0 Å². The van der Waals surface area contributed by atoms with Gasteiger partial charge in [0, 0.05) is 12.2 Å². The van der Waals surface area contributed by atoms with Gasteiger partial charge in [0.25, 0.3) is 0 Å². The van der Waals surface area contributed by atoms with Gasteiger partial charge < -0.3 is 14.9 Å². The average molecular weight is 418 g/mol. The third-order valence-corrected chi connectivity index (χ3v) is 6.28. The summed E-state index contributed by atoms with van der Waals surface area (Å²) in [6, 6.07) is 8.26. The molecule has 8 heteroatoms. The number of carboxylic acid groups (broad SMARTS) is 2. The minimum absolute atomic E-state index is 0.0642. The van der Waals surface area contributed by atoms with Crippen LogP contribution in [0, 0.1) is 5.92 Å². The minimum Gasteiger partial charge on any atom is -0.473 e. The lowest BCUT2D eigenvalue weighted by molar-refractivity contribution is -0.159. The number of carbonyl (C=O) groups excluding carboxylic acids is 1. The lowest BCUT2D eigenvalue weighted by atomic mass is 9.83. The Balaban J connectivity index is 0.000000377. The zero-order valence-electron chi connectivity index (χ0n) is 17.1. The summed E-state index contributed by atoms with van der Waals surface area (Å²) in [6.07, 6.45) is 8.50. The molecule has 0 aromatic heterocycles. The highest BCUT2D eigenvalue weighted by Crippen LogP contribution is 2.36. The Kier molecular flexibility index (Phi) is 7.68. The fourth-order valence-electron chi connectivity index (χ4n) is 4.70. The van der Waals surface area contributed by atoms with E-state index in [1.807, 2.05) is 12.1 Å². The quantitative estimate of drug-likeness (QED) is 0.643. The van der Waals surface area contributed by atoms with Crippen LogP contribution in [0.4, 0.5) is 10.5 Å². The number of piperidine rings is 3. The van der Waals surface area contributed by atoms with Crippen LogP contribution in [-0.2, 0) is 14.3 Å². The smallest absolute Gasteiger partial charge is 0.414 e. The average Bonchev–Trinajstić information content (AvgIpc) is 2.76. The largest absolute Gasteiger partial charge is 0.473 e. The van der Waals surface area contributed by atoms with E-state index in [0.29, 0.717) is 11.8 Å². The maximum Gasteiger partial charge on any atom is 0.414 e. The lowest BCUT2D eigenvalue weighted by Gasteiger charge is -2.43. The third-order valence-electron chi connectivity index (χ3n) is 6.28. The molecule has 30 heavy (non-hydrogen) atoms. The molecule has 0 spiro atoms. The Morgan fingerprint density at radius 3 is 2.13 bits per heavy atom. The van der Waals surface area contributed by atoms with Crippen molar-refractivity contribution in [1.29, 1.82) is 0 Å². The molecule has 2 bridgehead atoms. The summed E-state index contributed by atoms with van der Waals surface area (Å²) < 4.78 is 5.78. The van der Waals surface area contributed by atoms with Gasteiger partial charge in [-0.2, -0.15) is 0 Å². The van der Waals surface area contributed by atoms with E-state index < -0.39 is 11.9 Å². The summed E-state index contributed by atoms with van der Waals surface area (Å²) >= 11 is 0. The first-order valence-corrected chi connectivity index (χ1v) is 10.7. The molecule has 164 valence electrons. The molecule has 0 radical (unpaired) electrons. The third kappa shape index (κ3) is 5.95. The number of fused-ring (bicyclic) bond motifs is 3. The van der Waals surface area contributed by atoms with Crippen molar-refractivity contribution in [3.63, 3.8) is 0 Å². The molecule has 3 aliphatic heterocycles. The first kappa shape index (κ1) is 22.1. The number of nitrogens with one attached hydrogen (secondary N) is 1. The van der Waals surface area contributed by atoms with Crippen LogP contribution in [0.25, 0.3) is 0 Å². The van der Waals surface area contributed by atoms with Crippen LogP contribution < -0.4 is 5.32 Å². The molecule has 1 aromatic rings. The standard InChI is InChI=1S/C20H28N2O2.C2H2O4/c23-20(24-19-14-22-12-10-16(19)11-13-22)21-18-9-5-4-8-17(18)15-6-2-1-3-7-15;3-1(4)2(5)6/h4-5,8-9,15-16,19H,1-3,6-7,10-14H2,(H,21,23);(H,3,4)(H,5,6). The first-order valence-electron chi connectivity index (χ1n) is 10.7. The summed E-state index contributed by atoms with van der Waals surface area (Å²) in [5, 5.41) is 17.8. The number of rotatable bonds is 3. The fourth-order valence-corrected chi connectivity index (χ4v) is 4.70. The Morgan fingerprint density at radius 2 is 1.57 bits per heavy atom. The van der Waals surface area contributed by atoms with Crippen molar-refractivity contribution in [3.05, 3.63) is 29.8 Å². The monoisotopic (exact) mass is 418 g/mol. The molecule has 1 aromatic carbocycles. The van der Waals surface area contributed by atoms with Crippen LogP contribution in [0.15, 0.2) is 24.3 Å². The zero-order valence-corrected chi connectivity index (χ0v) is 17.1. The number of aliphatic carboxylic acids is 2. The first-order chi connectivity index (χ1) is 14.4. The molecule has 4 fully saturated rings. The van der Waals surface area contributed by atoms with E-state index in [1.54, 1.807) is 0 Å². The topological polar surface area (TPSA) is 116 Å². The Labute approximate surface area is 176 Å². The normalized spacial score (nSPS) is 25.5. The number of ether oxygens (including phenoxy) is 1. The van der Waals surface area contributed by atoms with Gasteiger partial charge >= 0.3 is 18.0 Å². The van der Waals surface area contributed by atoms with Crippen LogP contribution in [0.1, 0.15) is 56.4 Å². The molecular formula is C22H30N2O6. The molecule has 1 aliphatic carbocycles. The summed E-state index contributed by atoms with van der Waals surface area (Å²) in [6.45, 7) is 3.23. The fraction of sp³-hybridized carbons (Fsp3) is 0.591. The molecule has 3 N–H and O–H groups in total. The van der Waals surface area contributed by atoms with Gasteiger partial charge in [-0.05, 0) is 62.2 Å². The maximum atomic E-state index is 12.4. The second kappa shape index (κ2) is 10.4. The predicted molar refractivity (Wildman–Crippen MR) is 111 cm³/mol. The summed E-state index contributed by atoms with van der Waals surface area (Å²) in [5.74, 6) is -2.52. The number of hydrogen-bond acceptors (Lipinski definition) is 5. The maximum absolute atomic E-state index is 12.4. The van der Waals surface area contributed by atoms with Crippen molar-refractivity contribution in [1.82, 2.24) is 4.90 Å². The molecule has 1 amide bonds. The highest BCUT2D eigenvalue weighted by Gasteiger charge is 2.36. The van der Waals surface area contributed by atoms with E-state index in [4.69, 9.17) is 24.5 Å². The van der Waals surface area contributed by atoms with Gasteiger partial charge in [0.15, 0.2) is 0 Å². The second-order valence-corrected chi connectivity index (χ2v) is 8.24. The van der Waals surface area contributed by atoms with E-state index in [1.165, 1.54) is 37.7 Å². The highest BCUT2D eigenvalue weighted by atomic mass is 16.6.